The standard InChI is InChI=1S/C13H15BrN2O2/c1-3-10-13(18)15-7-12(17)16(10)11-5-4-8(2)6-9(11)14/h4-6,10H,3,7H2,1-2H3,(H,15,18). The summed E-state index contributed by atoms with van der Waals surface area (Å²) in [6.07, 6.45) is 0.595. The summed E-state index contributed by atoms with van der Waals surface area (Å²) < 4.78 is 0.837. The van der Waals surface area contributed by atoms with Crippen molar-refractivity contribution in [2.24, 2.45) is 0 Å². The van der Waals surface area contributed by atoms with E-state index in [4.69, 9.17) is 0 Å². The van der Waals surface area contributed by atoms with Crippen LogP contribution >= 0.6 is 15.9 Å². The predicted octanol–water partition coefficient (Wildman–Crippen LogP) is 2.00. The molecule has 0 saturated carbocycles. The number of benzene rings is 1. The monoisotopic (exact) mass is 310 g/mol. The lowest BCUT2D eigenvalue weighted by Crippen LogP contribution is -2.58. The predicted molar refractivity (Wildman–Crippen MR) is 73.5 cm³/mol. The minimum Gasteiger partial charge on any atom is -0.345 e. The molecule has 1 aromatic carbocycles. The fourth-order valence-electron chi connectivity index (χ4n) is 2.13. The molecule has 0 radical (unpaired) electrons. The highest BCUT2D eigenvalue weighted by atomic mass is 79.9. The number of amides is 2. The van der Waals surface area contributed by atoms with Crippen LogP contribution in [0, 0.1) is 6.92 Å². The molecule has 1 atom stereocenters. The molecule has 5 heteroatoms. The Labute approximate surface area is 114 Å². The smallest absolute Gasteiger partial charge is 0.247 e. The second kappa shape index (κ2) is 5.10. The van der Waals surface area contributed by atoms with Gasteiger partial charge in [0.15, 0.2) is 0 Å². The number of rotatable bonds is 2. The number of anilines is 1. The number of carbonyl (C=O) groups excluding carboxylic acids is 2. The second-order valence-electron chi connectivity index (χ2n) is 4.36. The summed E-state index contributed by atoms with van der Waals surface area (Å²) in [7, 11) is 0. The second-order valence-corrected chi connectivity index (χ2v) is 5.21. The number of nitrogens with one attached hydrogen (secondary N) is 1. The first-order chi connectivity index (χ1) is 8.54. The van der Waals surface area contributed by atoms with E-state index in [9.17, 15) is 9.59 Å². The van der Waals surface area contributed by atoms with Crippen LogP contribution in [0.3, 0.4) is 0 Å². The highest BCUT2D eigenvalue weighted by molar-refractivity contribution is 9.10. The first-order valence-corrected chi connectivity index (χ1v) is 6.69. The summed E-state index contributed by atoms with van der Waals surface area (Å²) in [5, 5.41) is 2.62. The molecule has 1 aromatic rings. The quantitative estimate of drug-likeness (QED) is 0.908. The van der Waals surface area contributed by atoms with Gasteiger partial charge in [0, 0.05) is 4.47 Å². The Morgan fingerprint density at radius 2 is 2.17 bits per heavy atom. The van der Waals surface area contributed by atoms with Crippen LogP contribution in [0.5, 0.6) is 0 Å². The van der Waals surface area contributed by atoms with Gasteiger partial charge >= 0.3 is 0 Å². The van der Waals surface area contributed by atoms with Gasteiger partial charge in [0.2, 0.25) is 11.8 Å². The average Bonchev–Trinajstić information content (AvgIpc) is 2.33. The van der Waals surface area contributed by atoms with Gasteiger partial charge in [-0.25, -0.2) is 0 Å². The molecule has 2 amide bonds. The normalized spacial score (nSPS) is 19.9. The molecule has 4 nitrogen and oxygen atoms in total. The van der Waals surface area contributed by atoms with Crippen LogP contribution in [0.2, 0.25) is 0 Å². The maximum atomic E-state index is 12.0. The zero-order valence-electron chi connectivity index (χ0n) is 10.4. The van der Waals surface area contributed by atoms with E-state index in [1.165, 1.54) is 0 Å². The molecule has 1 aliphatic heterocycles. The third kappa shape index (κ3) is 2.27. The molecular weight excluding hydrogens is 296 g/mol. The van der Waals surface area contributed by atoms with Gasteiger partial charge in [-0.1, -0.05) is 13.0 Å². The van der Waals surface area contributed by atoms with Gasteiger partial charge in [0.1, 0.15) is 6.04 Å². The fourth-order valence-corrected chi connectivity index (χ4v) is 2.82. The van der Waals surface area contributed by atoms with Gasteiger partial charge < -0.3 is 5.32 Å². The molecule has 1 heterocycles. The zero-order chi connectivity index (χ0) is 13.3. The molecular formula is C13H15BrN2O2. The molecule has 1 fully saturated rings. The van der Waals surface area contributed by atoms with E-state index in [-0.39, 0.29) is 18.4 Å². The average molecular weight is 311 g/mol. The molecule has 0 aromatic heterocycles. The summed E-state index contributed by atoms with van der Waals surface area (Å²) in [5.74, 6) is -0.171. The van der Waals surface area contributed by atoms with E-state index in [1.54, 1.807) is 4.90 Å². The van der Waals surface area contributed by atoms with Crippen molar-refractivity contribution in [3.8, 4) is 0 Å². The van der Waals surface area contributed by atoms with E-state index in [1.807, 2.05) is 32.0 Å². The summed E-state index contributed by atoms with van der Waals surface area (Å²) in [6.45, 7) is 3.95. The molecule has 0 spiro atoms. The number of halogens is 1. The SMILES string of the molecule is CCC1C(=O)NCC(=O)N1c1ccc(C)cc1Br. The summed E-state index contributed by atoms with van der Waals surface area (Å²) in [4.78, 5) is 25.4. The van der Waals surface area contributed by atoms with Crippen molar-refractivity contribution < 1.29 is 9.59 Å². The van der Waals surface area contributed by atoms with Crippen molar-refractivity contribution in [2.45, 2.75) is 26.3 Å². The summed E-state index contributed by atoms with van der Waals surface area (Å²) in [5.41, 5.74) is 1.86. The lowest BCUT2D eigenvalue weighted by atomic mass is 10.1. The number of hydrogen-bond donors (Lipinski definition) is 1. The minimum absolute atomic E-state index is 0.0651. The van der Waals surface area contributed by atoms with Crippen LogP contribution in [0.1, 0.15) is 18.9 Å². The number of piperazine rings is 1. The Balaban J connectivity index is 2.44. The largest absolute Gasteiger partial charge is 0.345 e. The molecule has 0 aliphatic carbocycles. The highest BCUT2D eigenvalue weighted by Gasteiger charge is 2.34. The lowest BCUT2D eigenvalue weighted by Gasteiger charge is -2.35. The maximum absolute atomic E-state index is 12.0. The molecule has 2 rings (SSSR count). The van der Waals surface area contributed by atoms with Crippen molar-refractivity contribution >= 4 is 33.4 Å². The van der Waals surface area contributed by atoms with Gasteiger partial charge in [0.25, 0.3) is 0 Å². The Hall–Kier alpha value is -1.36. The zero-order valence-corrected chi connectivity index (χ0v) is 12.0. The summed E-state index contributed by atoms with van der Waals surface area (Å²) in [6, 6.07) is 5.33. The third-order valence-corrected chi connectivity index (χ3v) is 3.68. The third-order valence-electron chi connectivity index (χ3n) is 3.05. The van der Waals surface area contributed by atoms with E-state index in [0.717, 1.165) is 15.7 Å². The van der Waals surface area contributed by atoms with Crippen molar-refractivity contribution in [2.75, 3.05) is 11.4 Å². The van der Waals surface area contributed by atoms with Crippen molar-refractivity contribution in [3.63, 3.8) is 0 Å². The van der Waals surface area contributed by atoms with Crippen molar-refractivity contribution in [1.29, 1.82) is 0 Å². The molecule has 96 valence electrons. The number of aryl methyl sites for hydroxylation is 1. The van der Waals surface area contributed by atoms with Crippen LogP contribution in [0.15, 0.2) is 22.7 Å². The Morgan fingerprint density at radius 3 is 2.78 bits per heavy atom. The minimum atomic E-state index is -0.426. The van der Waals surface area contributed by atoms with Crippen molar-refractivity contribution in [1.82, 2.24) is 5.32 Å². The molecule has 0 bridgehead atoms. The Morgan fingerprint density at radius 1 is 1.44 bits per heavy atom. The van der Waals surface area contributed by atoms with E-state index < -0.39 is 6.04 Å². The maximum Gasteiger partial charge on any atom is 0.247 e. The van der Waals surface area contributed by atoms with E-state index in [0.29, 0.717) is 6.42 Å². The topological polar surface area (TPSA) is 49.4 Å². The van der Waals surface area contributed by atoms with Gasteiger partial charge in [0.05, 0.1) is 12.2 Å². The van der Waals surface area contributed by atoms with Crippen LogP contribution in [-0.2, 0) is 9.59 Å². The first kappa shape index (κ1) is 13.1. The van der Waals surface area contributed by atoms with E-state index in [2.05, 4.69) is 21.2 Å². The fraction of sp³-hybridized carbons (Fsp3) is 0.385. The van der Waals surface area contributed by atoms with Gasteiger partial charge in [-0.05, 0) is 47.0 Å². The highest BCUT2D eigenvalue weighted by Crippen LogP contribution is 2.30. The van der Waals surface area contributed by atoms with Crippen LogP contribution < -0.4 is 10.2 Å². The molecule has 1 aliphatic rings. The molecule has 1 unspecified atom stereocenters. The molecule has 1 N–H and O–H groups in total. The van der Waals surface area contributed by atoms with Crippen LogP contribution in [0.25, 0.3) is 0 Å². The molecule has 1 saturated heterocycles. The van der Waals surface area contributed by atoms with Crippen molar-refractivity contribution in [3.05, 3.63) is 28.2 Å². The van der Waals surface area contributed by atoms with Gasteiger partial charge in [-0.3, -0.25) is 14.5 Å². The Bertz CT molecular complexity index is 502. The first-order valence-electron chi connectivity index (χ1n) is 5.90. The van der Waals surface area contributed by atoms with Crippen LogP contribution in [0.4, 0.5) is 5.69 Å². The number of carbonyl (C=O) groups is 2. The van der Waals surface area contributed by atoms with Gasteiger partial charge in [-0.2, -0.15) is 0 Å². The van der Waals surface area contributed by atoms with Gasteiger partial charge in [-0.15, -0.1) is 0 Å². The van der Waals surface area contributed by atoms with E-state index >= 15 is 0 Å². The number of hydrogen-bond acceptors (Lipinski definition) is 2. The Kier molecular flexibility index (Phi) is 3.71. The molecule has 18 heavy (non-hydrogen) atoms. The number of nitrogens with zero attached hydrogens (tertiary/aromatic N) is 1. The summed E-state index contributed by atoms with van der Waals surface area (Å²) >= 11 is 3.46. The lowest BCUT2D eigenvalue weighted by molar-refractivity contribution is -0.131. The van der Waals surface area contributed by atoms with Crippen LogP contribution in [-0.4, -0.2) is 24.4 Å².